The smallest absolute Gasteiger partial charge is 0.351 e. The number of ether oxygens (including phenoxy) is 2. The minimum Gasteiger partial charge on any atom is -0.394 e. The Labute approximate surface area is 202 Å². The van der Waals surface area contributed by atoms with E-state index in [0.717, 1.165) is 16.8 Å². The molecule has 0 aliphatic carbocycles. The lowest BCUT2D eigenvalue weighted by molar-refractivity contribution is -0.140. The topological polar surface area (TPSA) is 155 Å². The first-order chi connectivity index (χ1) is 16.7. The van der Waals surface area contributed by atoms with Crippen molar-refractivity contribution in [3.8, 4) is 0 Å². The Morgan fingerprint density at radius 3 is 2.00 bits per heavy atom. The van der Waals surface area contributed by atoms with Crippen LogP contribution in [0.1, 0.15) is 38.4 Å². The fraction of sp³-hybridized carbons (Fsp3) is 0.619. The van der Waals surface area contributed by atoms with Crippen molar-refractivity contribution in [1.82, 2.24) is 19.1 Å². The van der Waals surface area contributed by atoms with Crippen LogP contribution in [0.5, 0.6) is 0 Å². The van der Waals surface area contributed by atoms with E-state index in [4.69, 9.17) is 20.3 Å². The van der Waals surface area contributed by atoms with E-state index in [0.29, 0.717) is 16.7 Å². The Morgan fingerprint density at radius 2 is 1.53 bits per heavy atom. The van der Waals surface area contributed by atoms with Crippen LogP contribution in [-0.4, -0.2) is 66.1 Å². The van der Waals surface area contributed by atoms with Crippen LogP contribution in [-0.2, 0) is 9.47 Å². The summed E-state index contributed by atoms with van der Waals surface area (Å²) in [5.41, 5.74) is 4.00. The summed E-state index contributed by atoms with van der Waals surface area (Å²) in [6.07, 6.45) is -4.99. The predicted octanol–water partition coefficient (Wildman–Crippen LogP) is 0.842. The third-order valence-corrected chi connectivity index (χ3v) is 6.09. The fourth-order valence-corrected chi connectivity index (χ4v) is 3.95. The summed E-state index contributed by atoms with van der Waals surface area (Å²) in [5.74, 6) is -7.81. The van der Waals surface area contributed by atoms with Crippen molar-refractivity contribution in [2.75, 3.05) is 12.3 Å². The van der Waals surface area contributed by atoms with Crippen LogP contribution in [0.4, 0.5) is 23.4 Å². The molecule has 4 heterocycles. The average molecular weight is 521 g/mol. The minimum atomic E-state index is -3.71. The van der Waals surface area contributed by atoms with Crippen LogP contribution >= 0.6 is 0 Å². The van der Waals surface area contributed by atoms with E-state index in [9.17, 15) is 32.3 Å². The molecule has 36 heavy (non-hydrogen) atoms. The maximum Gasteiger partial charge on any atom is 0.351 e. The number of nitrogens with zero attached hydrogens (tertiary/aromatic N) is 4. The Bertz CT molecular complexity index is 1100. The lowest BCUT2D eigenvalue weighted by Crippen LogP contribution is -2.41. The molecule has 0 bridgehead atoms. The number of hydrogen-bond donors (Lipinski definition) is 3. The maximum absolute atomic E-state index is 14.1. The SMILES string of the molecule is CC[C@H]1O[C@@H](n2ccc(C)nc2=O)C(F)(F)C1C.Nc1ccn([C@@H]2O[C@H](CO)C(O)C2(F)F)c(=O)n1. The van der Waals surface area contributed by atoms with Crippen molar-refractivity contribution < 1.29 is 37.2 Å². The molecule has 2 aromatic heterocycles. The number of aliphatic hydroxyl groups excluding tert-OH is 2. The van der Waals surface area contributed by atoms with E-state index in [1.165, 1.54) is 19.2 Å². The molecular formula is C21H27F4N5O6. The summed E-state index contributed by atoms with van der Waals surface area (Å²) in [7, 11) is 0. The van der Waals surface area contributed by atoms with Gasteiger partial charge >= 0.3 is 17.3 Å². The van der Waals surface area contributed by atoms with Gasteiger partial charge in [0.1, 0.15) is 11.9 Å². The van der Waals surface area contributed by atoms with Gasteiger partial charge in [-0.05, 0) is 25.5 Å². The largest absolute Gasteiger partial charge is 0.394 e. The molecule has 200 valence electrons. The molecule has 2 aromatic rings. The standard InChI is InChI=1S/C12H16F2N2O2.C9H11F2N3O4/c1-4-9-8(3)12(13,14)10(18-9)16-6-5-7(2)15-11(16)17;10-9(11)6(16)4(3-15)18-7(9)14-2-1-5(12)13-8(14)17/h5-6,8-10H,4H2,1-3H3;1-2,4,6-7,15-16H,3H2,(H2,12,13,17)/t8?,9-,10-;4-,6?,7-/m11/s1. The fourth-order valence-electron chi connectivity index (χ4n) is 3.95. The summed E-state index contributed by atoms with van der Waals surface area (Å²) < 4.78 is 67.1. The number of aromatic nitrogens is 4. The van der Waals surface area contributed by atoms with Gasteiger partial charge < -0.3 is 25.4 Å². The van der Waals surface area contributed by atoms with Gasteiger partial charge in [0, 0.05) is 18.1 Å². The van der Waals surface area contributed by atoms with E-state index in [-0.39, 0.29) is 5.82 Å². The van der Waals surface area contributed by atoms with Crippen LogP contribution in [0.2, 0.25) is 0 Å². The molecule has 2 aliphatic rings. The molecule has 0 amide bonds. The van der Waals surface area contributed by atoms with Crippen molar-refractivity contribution >= 4 is 5.82 Å². The highest BCUT2D eigenvalue weighted by Gasteiger charge is 2.59. The molecule has 11 nitrogen and oxygen atoms in total. The van der Waals surface area contributed by atoms with Gasteiger partial charge in [-0.25, -0.2) is 18.4 Å². The molecule has 0 spiro atoms. The molecule has 2 fully saturated rings. The van der Waals surface area contributed by atoms with Crippen LogP contribution in [0.3, 0.4) is 0 Å². The van der Waals surface area contributed by atoms with Gasteiger partial charge in [0.15, 0.2) is 6.10 Å². The van der Waals surface area contributed by atoms with Gasteiger partial charge in [-0.2, -0.15) is 18.7 Å². The Hall–Kier alpha value is -2.88. The molecule has 4 rings (SSSR count). The number of alkyl halides is 4. The second-order valence-electron chi connectivity index (χ2n) is 8.53. The van der Waals surface area contributed by atoms with Crippen molar-refractivity contribution in [1.29, 1.82) is 0 Å². The zero-order chi connectivity index (χ0) is 27.0. The molecule has 0 radical (unpaired) electrons. The summed E-state index contributed by atoms with van der Waals surface area (Å²) in [6.45, 7) is 4.08. The number of aryl methyl sites for hydroxylation is 1. The molecule has 0 aromatic carbocycles. The van der Waals surface area contributed by atoms with E-state index in [2.05, 4.69) is 9.97 Å². The van der Waals surface area contributed by atoms with Crippen LogP contribution in [0, 0.1) is 12.8 Å². The quantitative estimate of drug-likeness (QED) is 0.497. The molecule has 0 saturated carbocycles. The van der Waals surface area contributed by atoms with E-state index in [1.54, 1.807) is 13.8 Å². The van der Waals surface area contributed by atoms with Gasteiger partial charge in [-0.15, -0.1) is 0 Å². The van der Waals surface area contributed by atoms with E-state index < -0.39 is 66.5 Å². The molecule has 2 saturated heterocycles. The number of nitrogen functional groups attached to an aromatic ring is 1. The van der Waals surface area contributed by atoms with Crippen LogP contribution in [0.25, 0.3) is 0 Å². The van der Waals surface area contributed by atoms with Gasteiger partial charge in [0.2, 0.25) is 12.5 Å². The Morgan fingerprint density at radius 1 is 1.00 bits per heavy atom. The zero-order valence-corrected chi connectivity index (χ0v) is 19.6. The number of aliphatic hydroxyl groups is 2. The normalized spacial score (nSPS) is 30.6. The third-order valence-electron chi connectivity index (χ3n) is 6.09. The summed E-state index contributed by atoms with van der Waals surface area (Å²) in [5, 5.41) is 18.1. The molecule has 2 unspecified atom stereocenters. The first kappa shape index (κ1) is 27.7. The number of halogens is 4. The third kappa shape index (κ3) is 5.00. The maximum atomic E-state index is 14.1. The van der Waals surface area contributed by atoms with Crippen molar-refractivity contribution in [2.45, 2.75) is 69.8 Å². The van der Waals surface area contributed by atoms with Gasteiger partial charge in [0.25, 0.3) is 5.92 Å². The van der Waals surface area contributed by atoms with Crippen molar-refractivity contribution in [3.63, 3.8) is 0 Å². The highest BCUT2D eigenvalue weighted by Crippen LogP contribution is 2.47. The number of nitrogens with two attached hydrogens (primary N) is 1. The number of anilines is 1. The minimum absolute atomic E-state index is 0.114. The Kier molecular flexibility index (Phi) is 7.88. The number of hydrogen-bond acceptors (Lipinski definition) is 9. The molecule has 4 N–H and O–H groups in total. The van der Waals surface area contributed by atoms with Gasteiger partial charge in [0.05, 0.1) is 18.6 Å². The Balaban J connectivity index is 0.000000201. The summed E-state index contributed by atoms with van der Waals surface area (Å²) in [4.78, 5) is 30.0. The van der Waals surface area contributed by atoms with Gasteiger partial charge in [-0.3, -0.25) is 9.13 Å². The molecular weight excluding hydrogens is 494 g/mol. The average Bonchev–Trinajstić information content (AvgIpc) is 3.17. The van der Waals surface area contributed by atoms with Gasteiger partial charge in [-0.1, -0.05) is 13.8 Å². The highest BCUT2D eigenvalue weighted by molar-refractivity contribution is 5.23. The summed E-state index contributed by atoms with van der Waals surface area (Å²) >= 11 is 0. The molecule has 2 aliphatic heterocycles. The van der Waals surface area contributed by atoms with E-state index >= 15 is 0 Å². The lowest BCUT2D eigenvalue weighted by atomic mass is 9.98. The van der Waals surface area contributed by atoms with Crippen molar-refractivity contribution in [3.05, 3.63) is 51.2 Å². The number of rotatable bonds is 4. The monoisotopic (exact) mass is 521 g/mol. The second-order valence-corrected chi connectivity index (χ2v) is 8.53. The lowest BCUT2D eigenvalue weighted by Gasteiger charge is -2.21. The van der Waals surface area contributed by atoms with Crippen molar-refractivity contribution in [2.24, 2.45) is 5.92 Å². The molecule has 15 heteroatoms. The zero-order valence-electron chi connectivity index (χ0n) is 19.6. The predicted molar refractivity (Wildman–Crippen MR) is 116 cm³/mol. The highest BCUT2D eigenvalue weighted by atomic mass is 19.3. The molecule has 6 atom stereocenters. The van der Waals surface area contributed by atoms with E-state index in [1.807, 2.05) is 0 Å². The summed E-state index contributed by atoms with van der Waals surface area (Å²) in [6, 6.07) is 2.67. The van der Waals surface area contributed by atoms with Crippen LogP contribution < -0.4 is 17.1 Å². The first-order valence-electron chi connectivity index (χ1n) is 11.0. The second kappa shape index (κ2) is 10.2. The first-order valence-corrected chi connectivity index (χ1v) is 11.0. The van der Waals surface area contributed by atoms with Crippen LogP contribution in [0.15, 0.2) is 34.1 Å².